The molecule has 1 aliphatic rings. The summed E-state index contributed by atoms with van der Waals surface area (Å²) in [4.78, 5) is 18.4. The Morgan fingerprint density at radius 2 is 1.77 bits per heavy atom. The minimum absolute atomic E-state index is 0.161. The van der Waals surface area contributed by atoms with Crippen molar-refractivity contribution < 1.29 is 22.7 Å². The zero-order valence-corrected chi connectivity index (χ0v) is 16.9. The zero-order valence-electron chi connectivity index (χ0n) is 16.9. The van der Waals surface area contributed by atoms with E-state index < -0.39 is 12.1 Å². The third kappa shape index (κ3) is 5.31. The van der Waals surface area contributed by atoms with E-state index in [1.165, 1.54) is 18.2 Å². The molecule has 1 saturated heterocycles. The molecule has 162 valence electrons. The number of hydrogen-bond donors (Lipinski definition) is 0. The highest BCUT2D eigenvalue weighted by Crippen LogP contribution is 2.24. The number of carbonyl (C=O) groups excluding carboxylic acids is 1. The van der Waals surface area contributed by atoms with Gasteiger partial charge in [-0.3, -0.25) is 4.79 Å². The van der Waals surface area contributed by atoms with Gasteiger partial charge in [-0.05, 0) is 44.2 Å². The quantitative estimate of drug-likeness (QED) is 0.711. The number of alkyl halides is 3. The lowest BCUT2D eigenvalue weighted by molar-refractivity contribution is -0.274. The Kier molecular flexibility index (Phi) is 6.63. The van der Waals surface area contributed by atoms with Crippen LogP contribution >= 0.6 is 0 Å². The van der Waals surface area contributed by atoms with E-state index in [1.807, 2.05) is 17.0 Å². The van der Waals surface area contributed by atoms with Gasteiger partial charge < -0.3 is 19.4 Å². The van der Waals surface area contributed by atoms with Gasteiger partial charge >= 0.3 is 6.36 Å². The first-order valence-corrected chi connectivity index (χ1v) is 9.79. The maximum atomic E-state index is 12.7. The number of benzene rings is 1. The van der Waals surface area contributed by atoms with Gasteiger partial charge in [-0.25, -0.2) is 0 Å². The fraction of sp³-hybridized carbons (Fsp3) is 0.450. The molecule has 0 N–H and O–H groups in total. The van der Waals surface area contributed by atoms with Crippen LogP contribution in [0.3, 0.4) is 0 Å². The minimum atomic E-state index is -4.80. The second-order valence-electron chi connectivity index (χ2n) is 6.78. The van der Waals surface area contributed by atoms with E-state index in [4.69, 9.17) is 0 Å². The average Bonchev–Trinajstić information content (AvgIpc) is 2.74. The van der Waals surface area contributed by atoms with Crippen LogP contribution in [0.15, 0.2) is 36.4 Å². The molecule has 1 fully saturated rings. The molecule has 10 heteroatoms. The molecular formula is C20H24F3N5O2. The van der Waals surface area contributed by atoms with Gasteiger partial charge in [0.1, 0.15) is 5.75 Å². The number of nitrogens with zero attached hydrogens (tertiary/aromatic N) is 5. The van der Waals surface area contributed by atoms with Crippen molar-refractivity contribution in [2.75, 3.05) is 49.1 Å². The monoisotopic (exact) mass is 423 g/mol. The van der Waals surface area contributed by atoms with Crippen molar-refractivity contribution in [2.45, 2.75) is 20.2 Å². The lowest BCUT2D eigenvalue weighted by atomic mass is 10.1. The molecule has 1 aromatic carbocycles. The molecule has 0 radical (unpaired) electrons. The number of ether oxygens (including phenoxy) is 1. The summed E-state index contributed by atoms with van der Waals surface area (Å²) in [5.41, 5.74) is 0.161. The summed E-state index contributed by atoms with van der Waals surface area (Å²) in [6, 6.07) is 8.98. The normalized spacial score (nSPS) is 14.6. The van der Waals surface area contributed by atoms with Crippen LogP contribution in [-0.2, 0) is 0 Å². The molecule has 0 unspecified atom stereocenters. The van der Waals surface area contributed by atoms with Crippen LogP contribution in [0.1, 0.15) is 24.2 Å². The van der Waals surface area contributed by atoms with Crippen molar-refractivity contribution in [3.05, 3.63) is 42.0 Å². The highest BCUT2D eigenvalue weighted by atomic mass is 19.4. The van der Waals surface area contributed by atoms with Crippen molar-refractivity contribution >= 4 is 17.5 Å². The molecule has 0 saturated carbocycles. The number of carbonyl (C=O) groups is 1. The Balaban J connectivity index is 1.60. The molecule has 30 heavy (non-hydrogen) atoms. The summed E-state index contributed by atoms with van der Waals surface area (Å²) in [5.74, 6) is 0.817. The molecule has 2 heterocycles. The van der Waals surface area contributed by atoms with Gasteiger partial charge in [0, 0.05) is 44.8 Å². The first kappa shape index (κ1) is 21.7. The SMILES string of the molecule is CCN(CC)c1ccc(N2CCN(C(=O)c3cccc(OC(F)(F)F)c3)CC2)nn1. The van der Waals surface area contributed by atoms with Crippen molar-refractivity contribution in [3.63, 3.8) is 0 Å². The molecule has 2 aromatic rings. The summed E-state index contributed by atoms with van der Waals surface area (Å²) < 4.78 is 41.1. The van der Waals surface area contributed by atoms with E-state index in [9.17, 15) is 18.0 Å². The Morgan fingerprint density at radius 3 is 2.33 bits per heavy atom. The van der Waals surface area contributed by atoms with E-state index in [1.54, 1.807) is 4.90 Å². The molecule has 1 amide bonds. The summed E-state index contributed by atoms with van der Waals surface area (Å²) in [5, 5.41) is 8.59. The highest BCUT2D eigenvalue weighted by Gasteiger charge is 2.31. The fourth-order valence-electron chi connectivity index (χ4n) is 3.35. The average molecular weight is 423 g/mol. The number of hydrogen-bond acceptors (Lipinski definition) is 6. The lowest BCUT2D eigenvalue weighted by Crippen LogP contribution is -2.49. The molecule has 1 aromatic heterocycles. The van der Waals surface area contributed by atoms with Gasteiger partial charge in [-0.15, -0.1) is 23.4 Å². The number of rotatable bonds is 6. The van der Waals surface area contributed by atoms with Crippen LogP contribution in [0, 0.1) is 0 Å². The lowest BCUT2D eigenvalue weighted by Gasteiger charge is -2.35. The number of piperazine rings is 1. The first-order valence-electron chi connectivity index (χ1n) is 9.79. The Hall–Kier alpha value is -3.04. The summed E-state index contributed by atoms with van der Waals surface area (Å²) in [6.45, 7) is 7.79. The van der Waals surface area contributed by atoms with E-state index in [0.29, 0.717) is 26.2 Å². The van der Waals surface area contributed by atoms with E-state index in [2.05, 4.69) is 33.7 Å². The summed E-state index contributed by atoms with van der Waals surface area (Å²) >= 11 is 0. The molecule has 0 bridgehead atoms. The molecular weight excluding hydrogens is 399 g/mol. The van der Waals surface area contributed by atoms with E-state index >= 15 is 0 Å². The third-order valence-electron chi connectivity index (χ3n) is 4.93. The van der Waals surface area contributed by atoms with Gasteiger partial charge in [0.15, 0.2) is 11.6 Å². The maximum Gasteiger partial charge on any atom is 0.573 e. The standard InChI is InChI=1S/C20H24F3N5O2/c1-3-26(4-2)17-8-9-18(25-24-17)27-10-12-28(13-11-27)19(29)15-6-5-7-16(14-15)30-20(21,22)23/h5-9,14H,3-4,10-13H2,1-2H3. The van der Waals surface area contributed by atoms with Crippen LogP contribution in [0.5, 0.6) is 5.75 Å². The zero-order chi connectivity index (χ0) is 21.7. The molecule has 3 rings (SSSR count). The van der Waals surface area contributed by atoms with Crippen molar-refractivity contribution in [2.24, 2.45) is 0 Å². The van der Waals surface area contributed by atoms with Gasteiger partial charge in [0.05, 0.1) is 0 Å². The largest absolute Gasteiger partial charge is 0.573 e. The van der Waals surface area contributed by atoms with Crippen molar-refractivity contribution in [1.82, 2.24) is 15.1 Å². The number of amides is 1. The van der Waals surface area contributed by atoms with E-state index in [-0.39, 0.29) is 11.5 Å². The predicted molar refractivity (Wildman–Crippen MR) is 107 cm³/mol. The van der Waals surface area contributed by atoms with Crippen molar-refractivity contribution in [1.29, 1.82) is 0 Å². The van der Waals surface area contributed by atoms with Crippen LogP contribution in [0.25, 0.3) is 0 Å². The van der Waals surface area contributed by atoms with Crippen LogP contribution in [-0.4, -0.2) is 66.6 Å². The second kappa shape index (κ2) is 9.19. The predicted octanol–water partition coefficient (Wildman–Crippen LogP) is 3.18. The molecule has 1 aliphatic heterocycles. The Bertz CT molecular complexity index is 848. The fourth-order valence-corrected chi connectivity index (χ4v) is 3.35. The maximum absolute atomic E-state index is 12.7. The summed E-state index contributed by atoms with van der Waals surface area (Å²) in [6.07, 6.45) is -4.80. The highest BCUT2D eigenvalue weighted by molar-refractivity contribution is 5.94. The van der Waals surface area contributed by atoms with Crippen LogP contribution in [0.4, 0.5) is 24.8 Å². The molecule has 0 atom stereocenters. The number of anilines is 2. The number of halogens is 3. The summed E-state index contributed by atoms with van der Waals surface area (Å²) in [7, 11) is 0. The van der Waals surface area contributed by atoms with Gasteiger partial charge in [-0.2, -0.15) is 0 Å². The van der Waals surface area contributed by atoms with Gasteiger partial charge in [0.2, 0.25) is 0 Å². The molecule has 7 nitrogen and oxygen atoms in total. The Morgan fingerprint density at radius 1 is 1.07 bits per heavy atom. The smallest absolute Gasteiger partial charge is 0.406 e. The Labute approximate surface area is 173 Å². The molecule has 0 aliphatic carbocycles. The van der Waals surface area contributed by atoms with Gasteiger partial charge in [-0.1, -0.05) is 6.07 Å². The van der Waals surface area contributed by atoms with Gasteiger partial charge in [0.25, 0.3) is 5.91 Å². The third-order valence-corrected chi connectivity index (χ3v) is 4.93. The number of aromatic nitrogens is 2. The minimum Gasteiger partial charge on any atom is -0.406 e. The second-order valence-corrected chi connectivity index (χ2v) is 6.78. The topological polar surface area (TPSA) is 61.8 Å². The van der Waals surface area contributed by atoms with Crippen LogP contribution < -0.4 is 14.5 Å². The first-order chi connectivity index (χ1) is 14.3. The van der Waals surface area contributed by atoms with E-state index in [0.717, 1.165) is 30.8 Å². The molecule has 0 spiro atoms. The van der Waals surface area contributed by atoms with Crippen LogP contribution in [0.2, 0.25) is 0 Å². The van der Waals surface area contributed by atoms with Crippen molar-refractivity contribution in [3.8, 4) is 5.75 Å².